The predicted octanol–water partition coefficient (Wildman–Crippen LogP) is 9.51. The van der Waals surface area contributed by atoms with Crippen LogP contribution in [0.15, 0.2) is 124 Å². The molecule has 0 spiro atoms. The van der Waals surface area contributed by atoms with Gasteiger partial charge in [0.2, 0.25) is 11.2 Å². The van der Waals surface area contributed by atoms with Crippen molar-refractivity contribution in [1.29, 1.82) is 0 Å². The number of halogens is 8. The molecule has 14 nitrogen and oxygen atoms in total. The van der Waals surface area contributed by atoms with Crippen LogP contribution in [0.25, 0.3) is 44.2 Å². The number of aliphatic hydroxyl groups is 2. The average molecular weight is 927 g/mol. The molecule has 0 saturated heterocycles. The summed E-state index contributed by atoms with van der Waals surface area (Å²) in [7, 11) is 0. The molecule has 4 aromatic heterocycles. The molecule has 0 unspecified atom stereocenters. The van der Waals surface area contributed by atoms with Crippen molar-refractivity contribution >= 4 is 34.0 Å². The van der Waals surface area contributed by atoms with Gasteiger partial charge in [0.25, 0.3) is 11.8 Å². The van der Waals surface area contributed by atoms with Crippen LogP contribution in [0, 0.1) is 11.6 Å². The van der Waals surface area contributed by atoms with Crippen molar-refractivity contribution in [2.24, 2.45) is 0 Å². The van der Waals surface area contributed by atoms with Gasteiger partial charge in [-0.1, -0.05) is 72.6 Å². The fraction of sp³-hybridized carbons (Fsp3) is 0.227. The first kappa shape index (κ1) is 46.5. The Balaban J connectivity index is 0.000000196. The Morgan fingerprint density at radius 3 is 1.21 bits per heavy atom. The maximum absolute atomic E-state index is 13.2. The minimum absolute atomic E-state index is 0.0542. The summed E-state index contributed by atoms with van der Waals surface area (Å²) in [5.41, 5.74) is -3.56. The number of nitrogens with zero attached hydrogens (tertiary/aromatic N) is 4. The molecule has 0 saturated carbocycles. The van der Waals surface area contributed by atoms with E-state index in [4.69, 9.17) is 17.7 Å². The molecule has 4 heterocycles. The third-order valence-electron chi connectivity index (χ3n) is 10.3. The fourth-order valence-electron chi connectivity index (χ4n) is 6.60. The summed E-state index contributed by atoms with van der Waals surface area (Å²) in [5, 5.41) is 40.0. The Bertz CT molecular complexity index is 2910. The topological polar surface area (TPSA) is 203 Å². The molecule has 66 heavy (non-hydrogen) atoms. The van der Waals surface area contributed by atoms with Crippen molar-refractivity contribution in [2.75, 3.05) is 10.6 Å². The number of aromatic nitrogens is 4. The zero-order chi connectivity index (χ0) is 47.6. The Labute approximate surface area is 365 Å². The fourth-order valence-corrected chi connectivity index (χ4v) is 6.60. The molecule has 2 atom stereocenters. The molecule has 4 N–H and O–H groups in total. The lowest BCUT2D eigenvalue weighted by molar-refractivity contribution is -0.275. The van der Waals surface area contributed by atoms with Crippen molar-refractivity contribution in [3.05, 3.63) is 152 Å². The SMILES string of the molecule is CC[C@@](O)(c1nnc(NCc2ccc3c(-c4ccc(F)cc4)cc(=O)oc3c2)o1)C(F)(F)F.CC[C@](O)(c1nnc(NCc2ccc3c(-c4ccc(F)cc4)cc(=O)oc3c2)o1)C(F)(F)F. The molecule has 0 aliphatic heterocycles. The largest absolute Gasteiger partial charge is 0.426 e. The number of anilines is 2. The van der Waals surface area contributed by atoms with Crippen LogP contribution in [-0.4, -0.2) is 43.0 Å². The number of rotatable bonds is 12. The van der Waals surface area contributed by atoms with Gasteiger partial charge in [0.1, 0.15) is 22.8 Å². The summed E-state index contributed by atoms with van der Waals surface area (Å²) in [6.07, 6.45) is -11.4. The Morgan fingerprint density at radius 1 is 0.515 bits per heavy atom. The van der Waals surface area contributed by atoms with Crippen molar-refractivity contribution in [2.45, 2.75) is 63.3 Å². The lowest BCUT2D eigenvalue weighted by Crippen LogP contribution is -2.42. The third-order valence-corrected chi connectivity index (χ3v) is 10.3. The van der Waals surface area contributed by atoms with Crippen LogP contribution in [0.2, 0.25) is 0 Å². The summed E-state index contributed by atoms with van der Waals surface area (Å²) in [5.74, 6) is -2.74. The highest BCUT2D eigenvalue weighted by Gasteiger charge is 2.58. The van der Waals surface area contributed by atoms with Crippen LogP contribution in [-0.2, 0) is 24.3 Å². The van der Waals surface area contributed by atoms with Gasteiger partial charge in [0.05, 0.1) is 0 Å². The van der Waals surface area contributed by atoms with E-state index in [9.17, 15) is 54.9 Å². The van der Waals surface area contributed by atoms with E-state index in [0.717, 1.165) is 13.8 Å². The molecule has 4 aromatic carbocycles. The van der Waals surface area contributed by atoms with E-state index < -0.39 is 71.1 Å². The van der Waals surface area contributed by atoms with Crippen molar-refractivity contribution in [3.63, 3.8) is 0 Å². The molecule has 8 rings (SSSR count). The van der Waals surface area contributed by atoms with E-state index in [2.05, 4.69) is 31.0 Å². The van der Waals surface area contributed by atoms with E-state index in [1.165, 1.54) is 36.4 Å². The second kappa shape index (κ2) is 18.2. The number of hydrogen-bond donors (Lipinski definition) is 4. The lowest BCUT2D eigenvalue weighted by atomic mass is 10.0. The number of nitrogens with one attached hydrogen (secondary N) is 2. The highest BCUT2D eigenvalue weighted by molar-refractivity contribution is 5.94. The second-order valence-electron chi connectivity index (χ2n) is 14.6. The summed E-state index contributed by atoms with van der Waals surface area (Å²) < 4.78 is 126. The average Bonchev–Trinajstić information content (AvgIpc) is 3.97. The first-order valence-corrected chi connectivity index (χ1v) is 19.6. The number of benzene rings is 4. The molecule has 0 bridgehead atoms. The van der Waals surface area contributed by atoms with Crippen LogP contribution in [0.5, 0.6) is 0 Å². The van der Waals surface area contributed by atoms with Crippen LogP contribution in [0.1, 0.15) is 49.6 Å². The van der Waals surface area contributed by atoms with Crippen molar-refractivity contribution in [3.8, 4) is 22.3 Å². The Kier molecular flexibility index (Phi) is 12.8. The second-order valence-corrected chi connectivity index (χ2v) is 14.6. The zero-order valence-corrected chi connectivity index (χ0v) is 34.2. The van der Waals surface area contributed by atoms with Gasteiger partial charge in [0.15, 0.2) is 0 Å². The van der Waals surface area contributed by atoms with Crippen molar-refractivity contribution < 1.29 is 63.0 Å². The highest BCUT2D eigenvalue weighted by atomic mass is 19.4. The predicted molar refractivity (Wildman–Crippen MR) is 219 cm³/mol. The first-order chi connectivity index (χ1) is 31.2. The van der Waals surface area contributed by atoms with E-state index in [-0.39, 0.29) is 36.3 Å². The molecule has 344 valence electrons. The summed E-state index contributed by atoms with van der Waals surface area (Å²) >= 11 is 0. The molecule has 0 radical (unpaired) electrons. The Morgan fingerprint density at radius 2 is 0.879 bits per heavy atom. The Hall–Kier alpha value is -7.46. The number of hydrogen-bond acceptors (Lipinski definition) is 14. The maximum atomic E-state index is 13.2. The van der Waals surface area contributed by atoms with Gasteiger partial charge in [-0.3, -0.25) is 0 Å². The lowest BCUT2D eigenvalue weighted by Gasteiger charge is -2.25. The molecule has 8 aromatic rings. The van der Waals surface area contributed by atoms with Gasteiger partial charge in [-0.05, 0) is 82.6 Å². The van der Waals surface area contributed by atoms with E-state index in [1.54, 1.807) is 60.7 Å². The minimum atomic E-state index is -4.98. The smallest absolute Gasteiger partial charge is 0.423 e. The van der Waals surface area contributed by atoms with Gasteiger partial charge < -0.3 is 38.5 Å². The van der Waals surface area contributed by atoms with E-state index in [0.29, 0.717) is 44.2 Å². The van der Waals surface area contributed by atoms with Gasteiger partial charge in [0, 0.05) is 36.0 Å². The standard InChI is InChI=1S/2C22H17F4N3O4/c2*1-2-21(31,22(24,25)26)19-28-29-20(33-19)27-11-12-3-8-15-16(10-18(30)32-17(15)9-12)13-4-6-14(23)7-5-13/h2*3-10,31H,2,11H2,1H3,(H,27,29)/t2*21-/m10/s1. The first-order valence-electron chi connectivity index (χ1n) is 19.6. The van der Waals surface area contributed by atoms with Crippen molar-refractivity contribution in [1.82, 2.24) is 20.4 Å². The van der Waals surface area contributed by atoms with Gasteiger partial charge in [-0.2, -0.15) is 26.3 Å². The normalized spacial score (nSPS) is 13.8. The van der Waals surface area contributed by atoms with E-state index in [1.807, 2.05) is 0 Å². The van der Waals surface area contributed by atoms with Gasteiger partial charge >= 0.3 is 35.6 Å². The summed E-state index contributed by atoms with van der Waals surface area (Å²) in [4.78, 5) is 24.1. The molecule has 0 aliphatic carbocycles. The third kappa shape index (κ3) is 9.64. The van der Waals surface area contributed by atoms with Crippen LogP contribution >= 0.6 is 0 Å². The maximum Gasteiger partial charge on any atom is 0.426 e. The summed E-state index contributed by atoms with van der Waals surface area (Å²) in [6.45, 7) is 2.40. The molecule has 0 amide bonds. The monoisotopic (exact) mass is 926 g/mol. The molecular formula is C44H34F8N6O8. The number of alkyl halides is 6. The summed E-state index contributed by atoms with van der Waals surface area (Å²) in [6, 6.07) is 23.3. The van der Waals surface area contributed by atoms with Gasteiger partial charge in [-0.25, -0.2) is 18.4 Å². The highest BCUT2D eigenvalue weighted by Crippen LogP contribution is 2.42. The quantitative estimate of drug-likeness (QED) is 0.0666. The molecule has 0 fully saturated rings. The molecule has 22 heteroatoms. The van der Waals surface area contributed by atoms with Gasteiger partial charge in [-0.15, -0.1) is 10.2 Å². The van der Waals surface area contributed by atoms with Crippen LogP contribution in [0.3, 0.4) is 0 Å². The zero-order valence-electron chi connectivity index (χ0n) is 34.2. The van der Waals surface area contributed by atoms with Crippen LogP contribution in [0.4, 0.5) is 47.2 Å². The molecular weight excluding hydrogens is 893 g/mol. The van der Waals surface area contributed by atoms with E-state index >= 15 is 0 Å². The van der Waals surface area contributed by atoms with Crippen LogP contribution < -0.4 is 21.9 Å². The number of fused-ring (bicyclic) bond motifs is 2. The minimum Gasteiger partial charge on any atom is -0.423 e. The molecule has 0 aliphatic rings.